The highest BCUT2D eigenvalue weighted by Gasteiger charge is 2.30. The Morgan fingerprint density at radius 1 is 1.21 bits per heavy atom. The summed E-state index contributed by atoms with van der Waals surface area (Å²) < 4.78 is 42.5. The standard InChI is InChI=1S/C14H17F3O2/c1-13(2,3)12(18)19-8-7-10-5-4-6-11(9-10)14(15,16)17/h4-6,9H,7-8H2,1-3H3. The van der Waals surface area contributed by atoms with E-state index in [4.69, 9.17) is 4.74 Å². The first-order valence-electron chi connectivity index (χ1n) is 5.94. The van der Waals surface area contributed by atoms with Crippen molar-refractivity contribution in [3.8, 4) is 0 Å². The molecule has 0 bridgehead atoms. The van der Waals surface area contributed by atoms with Crippen molar-refractivity contribution in [1.29, 1.82) is 0 Å². The lowest BCUT2D eigenvalue weighted by Gasteiger charge is -2.16. The largest absolute Gasteiger partial charge is 0.465 e. The Kier molecular flexibility index (Phi) is 4.61. The van der Waals surface area contributed by atoms with Crippen LogP contribution in [0.15, 0.2) is 24.3 Å². The van der Waals surface area contributed by atoms with Crippen molar-refractivity contribution in [1.82, 2.24) is 0 Å². The third-order valence-corrected chi connectivity index (χ3v) is 2.49. The normalized spacial score (nSPS) is 12.3. The number of carbonyl (C=O) groups is 1. The van der Waals surface area contributed by atoms with Crippen LogP contribution < -0.4 is 0 Å². The summed E-state index contributed by atoms with van der Waals surface area (Å²) in [5.41, 5.74) is -0.794. The van der Waals surface area contributed by atoms with Gasteiger partial charge in [-0.15, -0.1) is 0 Å². The maximum atomic E-state index is 12.5. The van der Waals surface area contributed by atoms with E-state index in [-0.39, 0.29) is 19.0 Å². The van der Waals surface area contributed by atoms with E-state index in [1.165, 1.54) is 6.07 Å². The van der Waals surface area contributed by atoms with E-state index < -0.39 is 17.2 Å². The number of benzene rings is 1. The molecule has 0 aromatic heterocycles. The number of esters is 1. The van der Waals surface area contributed by atoms with Gasteiger partial charge < -0.3 is 4.74 Å². The second kappa shape index (κ2) is 5.63. The maximum absolute atomic E-state index is 12.5. The molecule has 0 radical (unpaired) electrons. The average Bonchev–Trinajstić information content (AvgIpc) is 2.27. The van der Waals surface area contributed by atoms with E-state index in [0.29, 0.717) is 5.56 Å². The lowest BCUT2D eigenvalue weighted by molar-refractivity contribution is -0.152. The van der Waals surface area contributed by atoms with Crippen LogP contribution in [0.25, 0.3) is 0 Å². The molecule has 0 saturated heterocycles. The van der Waals surface area contributed by atoms with Crippen LogP contribution in [0.2, 0.25) is 0 Å². The SMILES string of the molecule is CC(C)(C)C(=O)OCCc1cccc(C(F)(F)F)c1. The molecular weight excluding hydrogens is 257 g/mol. The third-order valence-electron chi connectivity index (χ3n) is 2.49. The Hall–Kier alpha value is -1.52. The molecule has 2 nitrogen and oxygen atoms in total. The summed E-state index contributed by atoms with van der Waals surface area (Å²) >= 11 is 0. The monoisotopic (exact) mass is 274 g/mol. The Morgan fingerprint density at radius 3 is 2.37 bits per heavy atom. The number of halogens is 3. The summed E-state index contributed by atoms with van der Waals surface area (Å²) in [6, 6.07) is 5.03. The van der Waals surface area contributed by atoms with Gasteiger partial charge in [-0.1, -0.05) is 18.2 Å². The summed E-state index contributed by atoms with van der Waals surface area (Å²) in [6.45, 7) is 5.25. The molecule has 0 unspecified atom stereocenters. The smallest absolute Gasteiger partial charge is 0.416 e. The lowest BCUT2D eigenvalue weighted by Crippen LogP contribution is -2.23. The lowest BCUT2D eigenvalue weighted by atomic mass is 9.97. The summed E-state index contributed by atoms with van der Waals surface area (Å²) in [5.74, 6) is -0.362. The molecule has 19 heavy (non-hydrogen) atoms. The minimum absolute atomic E-state index is 0.0808. The first-order valence-corrected chi connectivity index (χ1v) is 5.94. The van der Waals surface area contributed by atoms with Gasteiger partial charge >= 0.3 is 12.1 Å². The van der Waals surface area contributed by atoms with Crippen LogP contribution in [0.5, 0.6) is 0 Å². The fraction of sp³-hybridized carbons (Fsp3) is 0.500. The van der Waals surface area contributed by atoms with E-state index in [2.05, 4.69) is 0 Å². The molecule has 5 heteroatoms. The van der Waals surface area contributed by atoms with Crippen LogP contribution in [-0.4, -0.2) is 12.6 Å². The Bertz CT molecular complexity index is 445. The zero-order valence-corrected chi connectivity index (χ0v) is 11.2. The molecule has 0 spiro atoms. The number of hydrogen-bond acceptors (Lipinski definition) is 2. The van der Waals surface area contributed by atoms with Gasteiger partial charge in [0, 0.05) is 6.42 Å². The number of alkyl halides is 3. The predicted molar refractivity (Wildman–Crippen MR) is 65.6 cm³/mol. The molecule has 106 valence electrons. The quantitative estimate of drug-likeness (QED) is 0.783. The van der Waals surface area contributed by atoms with E-state index in [1.807, 2.05) is 0 Å². The van der Waals surface area contributed by atoms with Crippen LogP contribution in [0.1, 0.15) is 31.9 Å². The van der Waals surface area contributed by atoms with Gasteiger partial charge in [-0.25, -0.2) is 0 Å². The van der Waals surface area contributed by atoms with Crippen LogP contribution in [0.4, 0.5) is 13.2 Å². The third kappa shape index (κ3) is 4.93. The van der Waals surface area contributed by atoms with Crippen molar-refractivity contribution in [2.45, 2.75) is 33.4 Å². The molecular formula is C14H17F3O2. The van der Waals surface area contributed by atoms with Gasteiger partial charge in [0.25, 0.3) is 0 Å². The van der Waals surface area contributed by atoms with Crippen molar-refractivity contribution in [2.24, 2.45) is 5.41 Å². The molecule has 0 heterocycles. The van der Waals surface area contributed by atoms with Gasteiger partial charge in [0.05, 0.1) is 17.6 Å². The predicted octanol–water partition coefficient (Wildman–Crippen LogP) is 3.84. The second-order valence-corrected chi connectivity index (χ2v) is 5.33. The summed E-state index contributed by atoms with van der Waals surface area (Å²) in [4.78, 5) is 11.5. The molecule has 1 rings (SSSR count). The number of ether oxygens (including phenoxy) is 1. The second-order valence-electron chi connectivity index (χ2n) is 5.33. The number of carbonyl (C=O) groups excluding carboxylic acids is 1. The van der Waals surface area contributed by atoms with E-state index >= 15 is 0 Å². The fourth-order valence-electron chi connectivity index (χ4n) is 1.38. The molecule has 0 N–H and O–H groups in total. The van der Waals surface area contributed by atoms with Gasteiger partial charge in [-0.2, -0.15) is 13.2 Å². The highest BCUT2D eigenvalue weighted by molar-refractivity contribution is 5.75. The van der Waals surface area contributed by atoms with Gasteiger partial charge in [0.15, 0.2) is 0 Å². The number of rotatable bonds is 3. The van der Waals surface area contributed by atoms with Gasteiger partial charge in [0.1, 0.15) is 0 Å². The fourth-order valence-corrected chi connectivity index (χ4v) is 1.38. The minimum atomic E-state index is -4.35. The maximum Gasteiger partial charge on any atom is 0.416 e. The Morgan fingerprint density at radius 2 is 1.84 bits per heavy atom. The first kappa shape index (κ1) is 15.5. The summed E-state index contributed by atoms with van der Waals surface area (Å²) in [7, 11) is 0. The summed E-state index contributed by atoms with van der Waals surface area (Å²) in [6.07, 6.45) is -4.08. The molecule has 0 aliphatic carbocycles. The van der Waals surface area contributed by atoms with Crippen molar-refractivity contribution in [3.63, 3.8) is 0 Å². The van der Waals surface area contributed by atoms with Crippen molar-refractivity contribution >= 4 is 5.97 Å². The van der Waals surface area contributed by atoms with Crippen molar-refractivity contribution in [3.05, 3.63) is 35.4 Å². The van der Waals surface area contributed by atoms with Crippen LogP contribution in [0.3, 0.4) is 0 Å². The zero-order valence-electron chi connectivity index (χ0n) is 11.2. The van der Waals surface area contributed by atoms with E-state index in [0.717, 1.165) is 12.1 Å². The van der Waals surface area contributed by atoms with Crippen LogP contribution >= 0.6 is 0 Å². The molecule has 0 aliphatic rings. The Balaban J connectivity index is 2.58. The Labute approximate surface area is 110 Å². The molecule has 0 atom stereocenters. The molecule has 0 amide bonds. The number of hydrogen-bond donors (Lipinski definition) is 0. The van der Waals surface area contributed by atoms with Crippen molar-refractivity contribution < 1.29 is 22.7 Å². The molecule has 1 aromatic carbocycles. The highest BCUT2D eigenvalue weighted by atomic mass is 19.4. The zero-order chi connectivity index (χ0) is 14.7. The van der Waals surface area contributed by atoms with Gasteiger partial charge in [0.2, 0.25) is 0 Å². The van der Waals surface area contributed by atoms with Gasteiger partial charge in [-0.05, 0) is 32.4 Å². The molecule has 1 aromatic rings. The molecule has 0 saturated carbocycles. The minimum Gasteiger partial charge on any atom is -0.465 e. The highest BCUT2D eigenvalue weighted by Crippen LogP contribution is 2.29. The van der Waals surface area contributed by atoms with E-state index in [1.54, 1.807) is 26.8 Å². The topological polar surface area (TPSA) is 26.3 Å². The average molecular weight is 274 g/mol. The van der Waals surface area contributed by atoms with Crippen LogP contribution in [-0.2, 0) is 22.1 Å². The van der Waals surface area contributed by atoms with Crippen LogP contribution in [0, 0.1) is 5.41 Å². The van der Waals surface area contributed by atoms with Crippen molar-refractivity contribution in [2.75, 3.05) is 6.61 Å². The molecule has 0 fully saturated rings. The molecule has 0 aliphatic heterocycles. The summed E-state index contributed by atoms with van der Waals surface area (Å²) in [5, 5.41) is 0. The van der Waals surface area contributed by atoms with E-state index in [9.17, 15) is 18.0 Å². The van der Waals surface area contributed by atoms with Gasteiger partial charge in [-0.3, -0.25) is 4.79 Å². The first-order chi connectivity index (χ1) is 8.60.